The SMILES string of the molecule is CC(C)(CCl)C(=O)Nc1cccc(C2SCC(=O)N2c2cccc(F)c2)c1. The summed E-state index contributed by atoms with van der Waals surface area (Å²) in [6.07, 6.45) is 0. The molecule has 1 unspecified atom stereocenters. The first kappa shape index (κ1) is 19.7. The Morgan fingerprint density at radius 1 is 1.30 bits per heavy atom. The molecule has 4 nitrogen and oxygen atoms in total. The van der Waals surface area contributed by atoms with Crippen molar-refractivity contribution in [1.29, 1.82) is 0 Å². The number of carbonyl (C=O) groups is 2. The molecule has 7 heteroatoms. The molecule has 0 aromatic heterocycles. The van der Waals surface area contributed by atoms with Gasteiger partial charge in [0.05, 0.1) is 11.2 Å². The van der Waals surface area contributed by atoms with Gasteiger partial charge in [0.15, 0.2) is 0 Å². The van der Waals surface area contributed by atoms with Crippen LogP contribution in [0, 0.1) is 11.2 Å². The molecule has 3 rings (SSSR count). The molecule has 2 aromatic rings. The van der Waals surface area contributed by atoms with E-state index in [9.17, 15) is 14.0 Å². The minimum atomic E-state index is -0.691. The molecular formula is C20H20ClFN2O2S. The van der Waals surface area contributed by atoms with Crippen LogP contribution < -0.4 is 10.2 Å². The van der Waals surface area contributed by atoms with Crippen molar-refractivity contribution in [2.75, 3.05) is 21.8 Å². The van der Waals surface area contributed by atoms with Gasteiger partial charge in [0, 0.05) is 17.3 Å². The standard InChI is InChI=1S/C20H20ClFN2O2S/c1-20(2,12-21)19(26)23-15-7-3-5-13(9-15)18-24(17(25)11-27-18)16-8-4-6-14(22)10-16/h3-10,18H,11-12H2,1-2H3,(H,23,26). The van der Waals surface area contributed by atoms with Crippen LogP contribution in [0.1, 0.15) is 24.8 Å². The van der Waals surface area contributed by atoms with Crippen molar-refractivity contribution in [1.82, 2.24) is 0 Å². The quantitative estimate of drug-likeness (QED) is 0.725. The summed E-state index contributed by atoms with van der Waals surface area (Å²) < 4.78 is 13.6. The van der Waals surface area contributed by atoms with E-state index in [1.165, 1.54) is 23.9 Å². The van der Waals surface area contributed by atoms with Crippen LogP contribution in [0.25, 0.3) is 0 Å². The lowest BCUT2D eigenvalue weighted by Gasteiger charge is -2.25. The van der Waals surface area contributed by atoms with Crippen molar-refractivity contribution in [3.05, 3.63) is 59.9 Å². The third-order valence-electron chi connectivity index (χ3n) is 4.33. The maximum atomic E-state index is 13.6. The van der Waals surface area contributed by atoms with Gasteiger partial charge in [-0.05, 0) is 49.7 Å². The minimum absolute atomic E-state index is 0.0756. The van der Waals surface area contributed by atoms with E-state index in [0.717, 1.165) is 5.56 Å². The van der Waals surface area contributed by atoms with Gasteiger partial charge in [-0.1, -0.05) is 18.2 Å². The second-order valence-electron chi connectivity index (χ2n) is 7.00. The molecule has 1 aliphatic rings. The molecule has 2 aromatic carbocycles. The average molecular weight is 407 g/mol. The van der Waals surface area contributed by atoms with Gasteiger partial charge in [-0.15, -0.1) is 23.4 Å². The summed E-state index contributed by atoms with van der Waals surface area (Å²) in [7, 11) is 0. The molecular weight excluding hydrogens is 387 g/mol. The van der Waals surface area contributed by atoms with Gasteiger partial charge in [-0.3, -0.25) is 14.5 Å². The Balaban J connectivity index is 1.87. The molecule has 1 aliphatic heterocycles. The van der Waals surface area contributed by atoms with E-state index in [0.29, 0.717) is 17.1 Å². The Morgan fingerprint density at radius 2 is 2.04 bits per heavy atom. The summed E-state index contributed by atoms with van der Waals surface area (Å²) in [6.45, 7) is 3.55. The number of thioether (sulfide) groups is 1. The van der Waals surface area contributed by atoms with Gasteiger partial charge in [0.25, 0.3) is 0 Å². The predicted octanol–water partition coefficient (Wildman–Crippen LogP) is 4.81. The number of nitrogens with zero attached hydrogens (tertiary/aromatic N) is 1. The number of anilines is 2. The summed E-state index contributed by atoms with van der Waals surface area (Å²) in [5.74, 6) is -0.115. The van der Waals surface area contributed by atoms with Crippen molar-refractivity contribution in [3.8, 4) is 0 Å². The van der Waals surface area contributed by atoms with Crippen LogP contribution in [0.3, 0.4) is 0 Å². The molecule has 27 heavy (non-hydrogen) atoms. The fourth-order valence-electron chi connectivity index (χ4n) is 2.71. The van der Waals surface area contributed by atoms with Gasteiger partial charge in [0.2, 0.25) is 11.8 Å². The molecule has 0 radical (unpaired) electrons. The zero-order valence-electron chi connectivity index (χ0n) is 15.0. The number of rotatable bonds is 5. The number of amides is 2. The maximum Gasteiger partial charge on any atom is 0.238 e. The first-order chi connectivity index (χ1) is 12.8. The summed E-state index contributed by atoms with van der Waals surface area (Å²) >= 11 is 7.34. The fourth-order valence-corrected chi connectivity index (χ4v) is 4.00. The molecule has 0 saturated carbocycles. The molecule has 1 saturated heterocycles. The highest BCUT2D eigenvalue weighted by Crippen LogP contribution is 2.42. The molecule has 0 bridgehead atoms. The molecule has 0 aliphatic carbocycles. The van der Waals surface area contributed by atoms with Crippen LogP contribution in [-0.2, 0) is 9.59 Å². The van der Waals surface area contributed by atoms with Crippen molar-refractivity contribution >= 4 is 46.6 Å². The zero-order chi connectivity index (χ0) is 19.6. The molecule has 2 amide bonds. The van der Waals surface area contributed by atoms with Crippen molar-refractivity contribution in [2.45, 2.75) is 19.2 Å². The molecule has 1 atom stereocenters. The number of hydrogen-bond donors (Lipinski definition) is 1. The Morgan fingerprint density at radius 3 is 2.74 bits per heavy atom. The Kier molecular flexibility index (Phi) is 5.77. The largest absolute Gasteiger partial charge is 0.326 e. The van der Waals surface area contributed by atoms with Crippen LogP contribution in [0.4, 0.5) is 15.8 Å². The lowest BCUT2D eigenvalue weighted by molar-refractivity contribution is -0.123. The highest BCUT2D eigenvalue weighted by Gasteiger charge is 2.34. The third-order valence-corrected chi connectivity index (χ3v) is 6.21. The van der Waals surface area contributed by atoms with E-state index in [1.807, 2.05) is 18.2 Å². The Labute approximate surface area is 167 Å². The summed E-state index contributed by atoms with van der Waals surface area (Å²) in [5.41, 5.74) is 1.32. The van der Waals surface area contributed by atoms with E-state index < -0.39 is 5.41 Å². The Bertz CT molecular complexity index is 875. The topological polar surface area (TPSA) is 49.4 Å². The van der Waals surface area contributed by atoms with Crippen molar-refractivity contribution in [2.24, 2.45) is 5.41 Å². The van der Waals surface area contributed by atoms with Crippen LogP contribution >= 0.6 is 23.4 Å². The van der Waals surface area contributed by atoms with Gasteiger partial charge in [-0.25, -0.2) is 4.39 Å². The van der Waals surface area contributed by atoms with Crippen LogP contribution in [0.2, 0.25) is 0 Å². The van der Waals surface area contributed by atoms with Crippen LogP contribution in [0.5, 0.6) is 0 Å². The second kappa shape index (κ2) is 7.90. The first-order valence-corrected chi connectivity index (χ1v) is 10.1. The highest BCUT2D eigenvalue weighted by atomic mass is 35.5. The fraction of sp³-hybridized carbons (Fsp3) is 0.300. The van der Waals surface area contributed by atoms with E-state index in [-0.39, 0.29) is 28.9 Å². The van der Waals surface area contributed by atoms with Gasteiger partial charge in [-0.2, -0.15) is 0 Å². The van der Waals surface area contributed by atoms with Gasteiger partial charge >= 0.3 is 0 Å². The lowest BCUT2D eigenvalue weighted by Crippen LogP contribution is -2.32. The molecule has 1 fully saturated rings. The predicted molar refractivity (Wildman–Crippen MR) is 109 cm³/mol. The number of benzene rings is 2. The molecule has 1 heterocycles. The minimum Gasteiger partial charge on any atom is -0.326 e. The molecule has 1 N–H and O–H groups in total. The average Bonchev–Trinajstić information content (AvgIpc) is 3.03. The smallest absolute Gasteiger partial charge is 0.238 e. The zero-order valence-corrected chi connectivity index (χ0v) is 16.6. The molecule has 0 spiro atoms. The Hall–Kier alpha value is -2.05. The van der Waals surface area contributed by atoms with E-state index in [2.05, 4.69) is 5.32 Å². The monoisotopic (exact) mass is 406 g/mol. The van der Waals surface area contributed by atoms with E-state index in [4.69, 9.17) is 11.6 Å². The van der Waals surface area contributed by atoms with Crippen molar-refractivity contribution < 1.29 is 14.0 Å². The third kappa shape index (κ3) is 4.28. The number of hydrogen-bond acceptors (Lipinski definition) is 3. The summed E-state index contributed by atoms with van der Waals surface area (Å²) in [4.78, 5) is 26.4. The van der Waals surface area contributed by atoms with Gasteiger partial charge in [0.1, 0.15) is 11.2 Å². The summed E-state index contributed by atoms with van der Waals surface area (Å²) in [5, 5.41) is 2.60. The normalized spacial score (nSPS) is 17.3. The lowest BCUT2D eigenvalue weighted by atomic mass is 9.95. The van der Waals surface area contributed by atoms with Crippen molar-refractivity contribution in [3.63, 3.8) is 0 Å². The van der Waals surface area contributed by atoms with E-state index >= 15 is 0 Å². The van der Waals surface area contributed by atoms with Gasteiger partial charge < -0.3 is 5.32 Å². The number of alkyl halides is 1. The summed E-state index contributed by atoms with van der Waals surface area (Å²) in [6, 6.07) is 13.4. The highest BCUT2D eigenvalue weighted by molar-refractivity contribution is 8.00. The second-order valence-corrected chi connectivity index (χ2v) is 8.34. The maximum absolute atomic E-state index is 13.6. The first-order valence-electron chi connectivity index (χ1n) is 8.48. The van der Waals surface area contributed by atoms with Crippen LogP contribution in [0.15, 0.2) is 48.5 Å². The number of carbonyl (C=O) groups excluding carboxylic acids is 2. The van der Waals surface area contributed by atoms with Crippen LogP contribution in [-0.4, -0.2) is 23.4 Å². The number of nitrogens with one attached hydrogen (secondary N) is 1. The van der Waals surface area contributed by atoms with E-state index in [1.54, 1.807) is 36.9 Å². The number of halogens is 2. The molecule has 142 valence electrons.